The molecule has 0 bridgehead atoms. The zero-order chi connectivity index (χ0) is 14.4. The number of halogens is 1. The molecular formula is C13H18FN5S. The molecule has 5 nitrogen and oxygen atoms in total. The molecule has 0 unspecified atom stereocenters. The second-order valence-electron chi connectivity index (χ2n) is 4.67. The molecule has 0 fully saturated rings. The molecule has 0 saturated carbocycles. The van der Waals surface area contributed by atoms with Crippen LogP contribution in [0.15, 0.2) is 29.4 Å². The molecule has 0 saturated heterocycles. The number of nitrogens with zero attached hydrogens (tertiary/aromatic N) is 4. The summed E-state index contributed by atoms with van der Waals surface area (Å²) in [4.78, 5) is 0. The minimum Gasteiger partial charge on any atom is -0.313 e. The molecular weight excluding hydrogens is 277 g/mol. The van der Waals surface area contributed by atoms with E-state index in [9.17, 15) is 4.39 Å². The Morgan fingerprint density at radius 3 is 2.90 bits per heavy atom. The van der Waals surface area contributed by atoms with E-state index in [-0.39, 0.29) is 5.82 Å². The largest absolute Gasteiger partial charge is 0.313 e. The molecule has 0 atom stereocenters. The van der Waals surface area contributed by atoms with E-state index in [0.29, 0.717) is 29.1 Å². The Kier molecular flexibility index (Phi) is 5.49. The van der Waals surface area contributed by atoms with Gasteiger partial charge in [-0.05, 0) is 22.1 Å². The number of nitrogens with one attached hydrogen (secondary N) is 1. The van der Waals surface area contributed by atoms with Crippen LogP contribution in [-0.4, -0.2) is 32.8 Å². The fraction of sp³-hybridized carbons (Fsp3) is 0.462. The topological polar surface area (TPSA) is 55.6 Å². The summed E-state index contributed by atoms with van der Waals surface area (Å²) >= 11 is 1.44. The van der Waals surface area contributed by atoms with Crippen LogP contribution in [0.25, 0.3) is 0 Å². The van der Waals surface area contributed by atoms with Gasteiger partial charge in [-0.15, -0.1) is 5.10 Å². The van der Waals surface area contributed by atoms with Gasteiger partial charge in [0, 0.05) is 18.3 Å². The van der Waals surface area contributed by atoms with Crippen LogP contribution in [0.3, 0.4) is 0 Å². The second-order valence-corrected chi connectivity index (χ2v) is 5.62. The van der Waals surface area contributed by atoms with Gasteiger partial charge in [-0.25, -0.2) is 9.07 Å². The first-order chi connectivity index (χ1) is 9.66. The number of aromatic nitrogens is 4. The Balaban J connectivity index is 1.90. The van der Waals surface area contributed by atoms with E-state index in [1.165, 1.54) is 17.8 Å². The predicted octanol–water partition coefficient (Wildman–Crippen LogP) is 2.10. The first-order valence-electron chi connectivity index (χ1n) is 6.52. The Labute approximate surface area is 122 Å². The van der Waals surface area contributed by atoms with Gasteiger partial charge in [0.05, 0.1) is 6.54 Å². The lowest BCUT2D eigenvalue weighted by Gasteiger charge is -2.08. The highest BCUT2D eigenvalue weighted by Gasteiger charge is 2.08. The molecule has 1 aromatic heterocycles. The van der Waals surface area contributed by atoms with E-state index in [4.69, 9.17) is 0 Å². The SMILES string of the molecule is CC(C)NCCn1nnnc1SCc1ccccc1F. The van der Waals surface area contributed by atoms with Gasteiger partial charge in [-0.3, -0.25) is 0 Å². The van der Waals surface area contributed by atoms with Crippen LogP contribution in [0.1, 0.15) is 19.4 Å². The molecule has 108 valence electrons. The summed E-state index contributed by atoms with van der Waals surface area (Å²) in [5.41, 5.74) is 0.660. The minimum absolute atomic E-state index is 0.194. The summed E-state index contributed by atoms with van der Waals surface area (Å²) in [6, 6.07) is 7.18. The van der Waals surface area contributed by atoms with Crippen LogP contribution in [0.4, 0.5) is 4.39 Å². The summed E-state index contributed by atoms with van der Waals surface area (Å²) < 4.78 is 15.3. The molecule has 0 spiro atoms. The Morgan fingerprint density at radius 1 is 1.35 bits per heavy atom. The lowest BCUT2D eigenvalue weighted by Crippen LogP contribution is -2.27. The number of thioether (sulfide) groups is 1. The van der Waals surface area contributed by atoms with Crippen LogP contribution < -0.4 is 5.32 Å². The van der Waals surface area contributed by atoms with Gasteiger partial charge in [0.25, 0.3) is 0 Å². The Morgan fingerprint density at radius 2 is 2.15 bits per heavy atom. The van der Waals surface area contributed by atoms with E-state index < -0.39 is 0 Å². The van der Waals surface area contributed by atoms with Gasteiger partial charge >= 0.3 is 0 Å². The molecule has 7 heteroatoms. The standard InChI is InChI=1S/C13H18FN5S/c1-10(2)15-7-8-19-13(16-17-18-19)20-9-11-5-3-4-6-12(11)14/h3-6,10,15H,7-9H2,1-2H3. The highest BCUT2D eigenvalue weighted by Crippen LogP contribution is 2.21. The third kappa shape index (κ3) is 4.28. The fourth-order valence-electron chi connectivity index (χ4n) is 1.66. The molecule has 0 aliphatic rings. The maximum Gasteiger partial charge on any atom is 0.209 e. The predicted molar refractivity (Wildman–Crippen MR) is 76.9 cm³/mol. The van der Waals surface area contributed by atoms with Crippen molar-refractivity contribution < 1.29 is 4.39 Å². The van der Waals surface area contributed by atoms with Crippen molar-refractivity contribution in [1.29, 1.82) is 0 Å². The van der Waals surface area contributed by atoms with Crippen LogP contribution in [-0.2, 0) is 12.3 Å². The monoisotopic (exact) mass is 295 g/mol. The zero-order valence-electron chi connectivity index (χ0n) is 11.6. The molecule has 0 aliphatic heterocycles. The van der Waals surface area contributed by atoms with Crippen LogP contribution in [0.5, 0.6) is 0 Å². The normalized spacial score (nSPS) is 11.2. The maximum atomic E-state index is 13.5. The molecule has 2 aromatic rings. The molecule has 2 rings (SSSR count). The quantitative estimate of drug-likeness (QED) is 0.793. The summed E-state index contributed by atoms with van der Waals surface area (Å²) in [6.45, 7) is 5.68. The molecule has 1 N–H and O–H groups in total. The third-order valence-electron chi connectivity index (χ3n) is 2.69. The van der Waals surface area contributed by atoms with Crippen molar-refractivity contribution in [2.24, 2.45) is 0 Å². The van der Waals surface area contributed by atoms with Crippen molar-refractivity contribution >= 4 is 11.8 Å². The highest BCUT2D eigenvalue weighted by molar-refractivity contribution is 7.98. The lowest BCUT2D eigenvalue weighted by molar-refractivity contribution is 0.485. The van der Waals surface area contributed by atoms with Crippen LogP contribution in [0.2, 0.25) is 0 Å². The first-order valence-corrected chi connectivity index (χ1v) is 7.51. The Bertz CT molecular complexity index is 543. The van der Waals surface area contributed by atoms with E-state index >= 15 is 0 Å². The fourth-order valence-corrected chi connectivity index (χ4v) is 2.55. The second kappa shape index (κ2) is 7.35. The molecule has 0 radical (unpaired) electrons. The van der Waals surface area contributed by atoms with Gasteiger partial charge in [-0.1, -0.05) is 43.8 Å². The first kappa shape index (κ1) is 14.9. The maximum absolute atomic E-state index is 13.5. The van der Waals surface area contributed by atoms with Gasteiger partial charge in [0.2, 0.25) is 5.16 Å². The average molecular weight is 295 g/mol. The summed E-state index contributed by atoms with van der Waals surface area (Å²) in [5, 5.41) is 15.6. The van der Waals surface area contributed by atoms with Gasteiger partial charge in [-0.2, -0.15) is 0 Å². The molecule has 20 heavy (non-hydrogen) atoms. The van der Waals surface area contributed by atoms with Crippen LogP contribution >= 0.6 is 11.8 Å². The number of hydrogen-bond acceptors (Lipinski definition) is 5. The number of benzene rings is 1. The highest BCUT2D eigenvalue weighted by atomic mass is 32.2. The molecule has 0 amide bonds. The van der Waals surface area contributed by atoms with Gasteiger partial charge in [0.15, 0.2) is 0 Å². The van der Waals surface area contributed by atoms with Crippen molar-refractivity contribution in [3.05, 3.63) is 35.6 Å². The van der Waals surface area contributed by atoms with E-state index in [1.807, 2.05) is 6.07 Å². The lowest BCUT2D eigenvalue weighted by atomic mass is 10.2. The summed E-state index contributed by atoms with van der Waals surface area (Å²) in [5.74, 6) is 0.325. The Hall–Kier alpha value is -1.47. The van der Waals surface area contributed by atoms with E-state index in [0.717, 1.165) is 6.54 Å². The molecule has 1 aromatic carbocycles. The number of tetrazole rings is 1. The molecule has 1 heterocycles. The number of hydrogen-bond donors (Lipinski definition) is 1. The zero-order valence-corrected chi connectivity index (χ0v) is 12.4. The summed E-state index contributed by atoms with van der Waals surface area (Å²) in [7, 11) is 0. The van der Waals surface area contributed by atoms with Crippen molar-refractivity contribution in [3.63, 3.8) is 0 Å². The van der Waals surface area contributed by atoms with Gasteiger partial charge in [0.1, 0.15) is 5.82 Å². The number of rotatable bonds is 7. The van der Waals surface area contributed by atoms with Crippen LogP contribution in [0, 0.1) is 5.82 Å². The summed E-state index contributed by atoms with van der Waals surface area (Å²) in [6.07, 6.45) is 0. The van der Waals surface area contributed by atoms with E-state index in [1.54, 1.807) is 16.8 Å². The van der Waals surface area contributed by atoms with Crippen molar-refractivity contribution in [1.82, 2.24) is 25.5 Å². The van der Waals surface area contributed by atoms with Gasteiger partial charge < -0.3 is 5.32 Å². The average Bonchev–Trinajstić information content (AvgIpc) is 2.85. The third-order valence-corrected chi connectivity index (χ3v) is 3.70. The molecule has 0 aliphatic carbocycles. The van der Waals surface area contributed by atoms with Crippen molar-refractivity contribution in [3.8, 4) is 0 Å². The van der Waals surface area contributed by atoms with Crippen molar-refractivity contribution in [2.75, 3.05) is 6.54 Å². The van der Waals surface area contributed by atoms with E-state index in [2.05, 4.69) is 34.7 Å². The van der Waals surface area contributed by atoms with Crippen molar-refractivity contribution in [2.45, 2.75) is 37.3 Å². The minimum atomic E-state index is -0.194. The smallest absolute Gasteiger partial charge is 0.209 e.